The van der Waals surface area contributed by atoms with Gasteiger partial charge in [0.2, 0.25) is 5.91 Å². The Balaban J connectivity index is 2.47. The predicted octanol–water partition coefficient (Wildman–Crippen LogP) is 0.556. The third kappa shape index (κ3) is 8.71. The number of esters is 1. The molecule has 0 saturated heterocycles. The number of halogens is 1. The summed E-state index contributed by atoms with van der Waals surface area (Å²) in [5.74, 6) is -1.75. The standard InChI is InChI=1S/C17H23FN4O5S/c1-22(9-14(23)20-12-5-3-11(18)4-6-12)15(24)10-27-16(25)13(7-8-28-2)21-17(19)26/h3-6,13H,7-10H2,1-2H3,(H,20,23)(H3,19,21,26)/t13-/m1/s1. The summed E-state index contributed by atoms with van der Waals surface area (Å²) in [6, 6.07) is 3.33. The van der Waals surface area contributed by atoms with Crippen molar-refractivity contribution < 1.29 is 28.3 Å². The first-order chi connectivity index (χ1) is 13.2. The molecule has 9 nitrogen and oxygen atoms in total. The Bertz CT molecular complexity index is 701. The first-order valence-electron chi connectivity index (χ1n) is 8.23. The largest absolute Gasteiger partial charge is 0.454 e. The minimum Gasteiger partial charge on any atom is -0.454 e. The summed E-state index contributed by atoms with van der Waals surface area (Å²) in [4.78, 5) is 48.0. The minimum absolute atomic E-state index is 0.288. The second-order valence-corrected chi connectivity index (χ2v) is 6.74. The molecule has 154 valence electrons. The van der Waals surface area contributed by atoms with Gasteiger partial charge in [-0.05, 0) is 42.7 Å². The third-order valence-corrected chi connectivity index (χ3v) is 4.13. The molecule has 1 atom stereocenters. The van der Waals surface area contributed by atoms with Crippen molar-refractivity contribution >= 4 is 41.3 Å². The van der Waals surface area contributed by atoms with Gasteiger partial charge in [0.25, 0.3) is 5.91 Å². The van der Waals surface area contributed by atoms with Crippen LogP contribution in [0.3, 0.4) is 0 Å². The summed E-state index contributed by atoms with van der Waals surface area (Å²) >= 11 is 1.47. The lowest BCUT2D eigenvalue weighted by molar-refractivity contribution is -0.153. The number of amides is 4. The summed E-state index contributed by atoms with van der Waals surface area (Å²) in [5.41, 5.74) is 5.41. The summed E-state index contributed by atoms with van der Waals surface area (Å²) in [6.07, 6.45) is 2.13. The Kier molecular flexibility index (Phi) is 9.79. The number of thioether (sulfide) groups is 1. The molecule has 0 aliphatic carbocycles. The fourth-order valence-electron chi connectivity index (χ4n) is 2.04. The van der Waals surface area contributed by atoms with Crippen LogP contribution in [-0.4, -0.2) is 67.0 Å². The Hall–Kier alpha value is -2.82. The summed E-state index contributed by atoms with van der Waals surface area (Å²) in [6.45, 7) is -0.876. The van der Waals surface area contributed by atoms with E-state index in [1.165, 1.54) is 43.1 Å². The smallest absolute Gasteiger partial charge is 0.329 e. The highest BCUT2D eigenvalue weighted by Gasteiger charge is 2.23. The van der Waals surface area contributed by atoms with Crippen LogP contribution < -0.4 is 16.4 Å². The lowest BCUT2D eigenvalue weighted by Gasteiger charge is -2.19. The highest BCUT2D eigenvalue weighted by atomic mass is 32.2. The van der Waals surface area contributed by atoms with Crippen LogP contribution in [0.1, 0.15) is 6.42 Å². The van der Waals surface area contributed by atoms with Crippen molar-refractivity contribution in [2.24, 2.45) is 5.73 Å². The topological polar surface area (TPSA) is 131 Å². The maximum Gasteiger partial charge on any atom is 0.329 e. The van der Waals surface area contributed by atoms with E-state index in [0.29, 0.717) is 17.9 Å². The molecule has 0 spiro atoms. The number of likely N-dealkylation sites (N-methyl/N-ethyl adjacent to an activating group) is 1. The lowest BCUT2D eigenvalue weighted by atomic mass is 10.2. The lowest BCUT2D eigenvalue weighted by Crippen LogP contribution is -2.46. The molecule has 0 saturated carbocycles. The van der Waals surface area contributed by atoms with Crippen LogP contribution in [0.15, 0.2) is 24.3 Å². The Labute approximate surface area is 166 Å². The number of hydrogen-bond donors (Lipinski definition) is 3. The number of benzene rings is 1. The summed E-state index contributed by atoms with van der Waals surface area (Å²) < 4.78 is 17.8. The molecule has 1 aromatic rings. The SMILES string of the molecule is CSCC[C@@H](NC(N)=O)C(=O)OCC(=O)N(C)CC(=O)Nc1ccc(F)cc1. The van der Waals surface area contributed by atoms with Gasteiger partial charge in [-0.1, -0.05) is 0 Å². The van der Waals surface area contributed by atoms with E-state index in [9.17, 15) is 23.6 Å². The van der Waals surface area contributed by atoms with E-state index < -0.39 is 42.3 Å². The first kappa shape index (κ1) is 23.2. The number of anilines is 1. The number of carbonyl (C=O) groups is 4. The maximum atomic E-state index is 12.8. The molecule has 0 fully saturated rings. The van der Waals surface area contributed by atoms with Gasteiger partial charge in [0.15, 0.2) is 6.61 Å². The van der Waals surface area contributed by atoms with E-state index >= 15 is 0 Å². The van der Waals surface area contributed by atoms with Crippen molar-refractivity contribution in [3.05, 3.63) is 30.1 Å². The normalized spacial score (nSPS) is 11.2. The molecule has 4 N–H and O–H groups in total. The number of nitrogens with one attached hydrogen (secondary N) is 2. The van der Waals surface area contributed by atoms with Crippen LogP contribution in [0.5, 0.6) is 0 Å². The predicted molar refractivity (Wildman–Crippen MR) is 103 cm³/mol. The number of hydrogen-bond acceptors (Lipinski definition) is 6. The molecule has 0 radical (unpaired) electrons. The van der Waals surface area contributed by atoms with E-state index in [1.807, 2.05) is 6.26 Å². The zero-order valence-corrected chi connectivity index (χ0v) is 16.4. The van der Waals surface area contributed by atoms with Crippen molar-refractivity contribution in [2.75, 3.05) is 37.5 Å². The van der Waals surface area contributed by atoms with E-state index in [4.69, 9.17) is 10.5 Å². The van der Waals surface area contributed by atoms with Gasteiger partial charge in [0.05, 0.1) is 6.54 Å². The number of carbonyl (C=O) groups excluding carboxylic acids is 4. The van der Waals surface area contributed by atoms with Crippen LogP contribution >= 0.6 is 11.8 Å². The van der Waals surface area contributed by atoms with Gasteiger partial charge in [-0.25, -0.2) is 14.0 Å². The van der Waals surface area contributed by atoms with Gasteiger partial charge in [0, 0.05) is 12.7 Å². The summed E-state index contributed by atoms with van der Waals surface area (Å²) in [7, 11) is 1.37. The van der Waals surface area contributed by atoms with Crippen LogP contribution in [0.2, 0.25) is 0 Å². The van der Waals surface area contributed by atoms with E-state index in [2.05, 4.69) is 10.6 Å². The van der Waals surface area contributed by atoms with Crippen LogP contribution in [0, 0.1) is 5.82 Å². The number of nitrogens with two attached hydrogens (primary N) is 1. The maximum absolute atomic E-state index is 12.8. The molecule has 0 heterocycles. The average molecular weight is 414 g/mol. The second-order valence-electron chi connectivity index (χ2n) is 5.76. The van der Waals surface area contributed by atoms with Gasteiger partial charge in [-0.3, -0.25) is 9.59 Å². The van der Waals surface area contributed by atoms with E-state index in [-0.39, 0.29) is 6.54 Å². The summed E-state index contributed by atoms with van der Waals surface area (Å²) in [5, 5.41) is 4.78. The number of urea groups is 1. The average Bonchev–Trinajstić information content (AvgIpc) is 2.64. The molecule has 4 amide bonds. The Morgan fingerprint density at radius 3 is 2.46 bits per heavy atom. The van der Waals surface area contributed by atoms with Gasteiger partial charge < -0.3 is 26.0 Å². The molecule has 0 aliphatic rings. The van der Waals surface area contributed by atoms with Gasteiger partial charge >= 0.3 is 12.0 Å². The Morgan fingerprint density at radius 1 is 1.25 bits per heavy atom. The molecule has 0 bridgehead atoms. The molecular formula is C17H23FN4O5S. The van der Waals surface area contributed by atoms with Crippen LogP contribution in [-0.2, 0) is 19.1 Å². The zero-order chi connectivity index (χ0) is 21.1. The van der Waals surface area contributed by atoms with Crippen molar-refractivity contribution in [1.29, 1.82) is 0 Å². The Morgan fingerprint density at radius 2 is 1.89 bits per heavy atom. The van der Waals surface area contributed by atoms with Gasteiger partial charge in [-0.15, -0.1) is 0 Å². The van der Waals surface area contributed by atoms with E-state index in [0.717, 1.165) is 4.90 Å². The van der Waals surface area contributed by atoms with Crippen molar-refractivity contribution in [2.45, 2.75) is 12.5 Å². The number of primary amides is 1. The monoisotopic (exact) mass is 414 g/mol. The number of nitrogens with zero attached hydrogens (tertiary/aromatic N) is 1. The number of ether oxygens (including phenoxy) is 1. The highest BCUT2D eigenvalue weighted by Crippen LogP contribution is 2.08. The van der Waals surface area contributed by atoms with Crippen LogP contribution in [0.25, 0.3) is 0 Å². The minimum atomic E-state index is -0.954. The molecule has 11 heteroatoms. The quantitative estimate of drug-likeness (QED) is 0.480. The number of rotatable bonds is 10. The van der Waals surface area contributed by atoms with Crippen molar-refractivity contribution in [3.63, 3.8) is 0 Å². The molecule has 28 heavy (non-hydrogen) atoms. The van der Waals surface area contributed by atoms with Gasteiger partial charge in [0.1, 0.15) is 11.9 Å². The van der Waals surface area contributed by atoms with Crippen molar-refractivity contribution in [3.8, 4) is 0 Å². The first-order valence-corrected chi connectivity index (χ1v) is 9.63. The fraction of sp³-hybridized carbons (Fsp3) is 0.412. The van der Waals surface area contributed by atoms with E-state index in [1.54, 1.807) is 0 Å². The van der Waals surface area contributed by atoms with Crippen molar-refractivity contribution in [1.82, 2.24) is 10.2 Å². The fourth-order valence-corrected chi connectivity index (χ4v) is 2.51. The molecule has 0 aliphatic heterocycles. The zero-order valence-electron chi connectivity index (χ0n) is 15.6. The molecule has 0 unspecified atom stereocenters. The van der Waals surface area contributed by atoms with Crippen LogP contribution in [0.4, 0.5) is 14.9 Å². The molecule has 1 rings (SSSR count). The molecule has 0 aromatic heterocycles. The molecule has 1 aromatic carbocycles. The second kappa shape index (κ2) is 11.8. The third-order valence-electron chi connectivity index (χ3n) is 3.48. The highest BCUT2D eigenvalue weighted by molar-refractivity contribution is 7.98. The molecular weight excluding hydrogens is 391 g/mol. The van der Waals surface area contributed by atoms with Gasteiger partial charge in [-0.2, -0.15) is 11.8 Å².